The maximum absolute atomic E-state index is 12.7. The Bertz CT molecular complexity index is 1010. The summed E-state index contributed by atoms with van der Waals surface area (Å²) in [7, 11) is -2.46. The lowest BCUT2D eigenvalue weighted by molar-refractivity contribution is -0.137. The van der Waals surface area contributed by atoms with Gasteiger partial charge < -0.3 is 9.47 Å². The molecular weight excluding hydrogens is 380 g/mol. The van der Waals surface area contributed by atoms with Gasteiger partial charge in [-0.2, -0.15) is 8.42 Å². The van der Waals surface area contributed by atoms with E-state index in [1.165, 1.54) is 6.20 Å². The zero-order valence-corrected chi connectivity index (χ0v) is 16.3. The van der Waals surface area contributed by atoms with Crippen LogP contribution in [0.5, 0.6) is 5.75 Å². The molecule has 0 saturated heterocycles. The minimum Gasteiger partial charge on any atom is -0.497 e. The smallest absolute Gasteiger partial charge is 0.345 e. The minimum atomic E-state index is -4.01. The third-order valence-electron chi connectivity index (χ3n) is 4.07. The lowest BCUT2D eigenvalue weighted by Gasteiger charge is -2.24. The summed E-state index contributed by atoms with van der Waals surface area (Å²) in [5, 5.41) is 0. The van der Waals surface area contributed by atoms with Crippen LogP contribution in [-0.2, 0) is 26.3 Å². The maximum Gasteiger partial charge on any atom is 0.345 e. The molecule has 1 heterocycles. The van der Waals surface area contributed by atoms with E-state index >= 15 is 0 Å². The lowest BCUT2D eigenvalue weighted by Crippen LogP contribution is -2.33. The Hall–Kier alpha value is -3.13. The molecule has 0 radical (unpaired) electrons. The largest absolute Gasteiger partial charge is 0.497 e. The summed E-state index contributed by atoms with van der Waals surface area (Å²) in [5.41, 5.74) is 1.41. The van der Waals surface area contributed by atoms with Crippen molar-refractivity contribution >= 4 is 21.9 Å². The van der Waals surface area contributed by atoms with Crippen molar-refractivity contribution in [3.8, 4) is 5.75 Å². The van der Waals surface area contributed by atoms with Crippen LogP contribution in [0, 0.1) is 0 Å². The Morgan fingerprint density at radius 1 is 1.07 bits per heavy atom. The van der Waals surface area contributed by atoms with E-state index in [9.17, 15) is 13.2 Å². The van der Waals surface area contributed by atoms with Crippen molar-refractivity contribution in [3.63, 3.8) is 0 Å². The standard InChI is InChI=1S/C20H20N2O5S/c1-3-27-20(23)18-14-22(13-15-9-11-17(26-2)12-10-15)28(24,25)21-19(18)16-7-5-4-6-8-16/h4-12,14H,3,13H2,1-2H3. The number of hydrogen-bond acceptors (Lipinski definition) is 5. The highest BCUT2D eigenvalue weighted by Crippen LogP contribution is 2.24. The third kappa shape index (κ3) is 4.23. The normalized spacial score (nSPS) is 15.4. The molecule has 146 valence electrons. The fraction of sp³-hybridized carbons (Fsp3) is 0.200. The average Bonchev–Trinajstić information content (AvgIpc) is 2.70. The predicted molar refractivity (Wildman–Crippen MR) is 105 cm³/mol. The molecule has 0 saturated carbocycles. The van der Waals surface area contributed by atoms with Gasteiger partial charge in [-0.25, -0.2) is 4.79 Å². The van der Waals surface area contributed by atoms with Crippen LogP contribution in [0.4, 0.5) is 0 Å². The summed E-state index contributed by atoms with van der Waals surface area (Å²) in [5.74, 6) is 0.0390. The molecule has 0 aromatic heterocycles. The highest BCUT2D eigenvalue weighted by Gasteiger charge is 2.31. The van der Waals surface area contributed by atoms with E-state index < -0.39 is 16.2 Å². The lowest BCUT2D eigenvalue weighted by atomic mass is 10.0. The topological polar surface area (TPSA) is 85.3 Å². The number of carbonyl (C=O) groups is 1. The molecule has 0 spiro atoms. The fourth-order valence-corrected chi connectivity index (χ4v) is 3.78. The number of ether oxygens (including phenoxy) is 2. The number of benzene rings is 2. The van der Waals surface area contributed by atoms with Gasteiger partial charge in [0.05, 0.1) is 20.3 Å². The highest BCUT2D eigenvalue weighted by molar-refractivity contribution is 7.88. The quantitative estimate of drug-likeness (QED) is 0.696. The summed E-state index contributed by atoms with van der Waals surface area (Å²) in [6.07, 6.45) is 1.28. The molecule has 1 aliphatic rings. The maximum atomic E-state index is 12.7. The van der Waals surface area contributed by atoms with Crippen molar-refractivity contribution in [2.24, 2.45) is 4.40 Å². The number of nitrogens with zero attached hydrogens (tertiary/aromatic N) is 2. The van der Waals surface area contributed by atoms with E-state index in [0.29, 0.717) is 11.3 Å². The zero-order chi connectivity index (χ0) is 20.1. The van der Waals surface area contributed by atoms with Crippen molar-refractivity contribution < 1.29 is 22.7 Å². The van der Waals surface area contributed by atoms with Crippen LogP contribution in [0.15, 0.2) is 70.8 Å². The Morgan fingerprint density at radius 2 is 1.75 bits per heavy atom. The summed E-state index contributed by atoms with van der Waals surface area (Å²) in [6.45, 7) is 1.89. The van der Waals surface area contributed by atoms with Crippen LogP contribution in [0.1, 0.15) is 18.1 Å². The zero-order valence-electron chi connectivity index (χ0n) is 15.5. The number of hydrogen-bond donors (Lipinski definition) is 0. The van der Waals surface area contributed by atoms with E-state index in [-0.39, 0.29) is 24.4 Å². The van der Waals surface area contributed by atoms with Crippen molar-refractivity contribution in [2.75, 3.05) is 13.7 Å². The molecule has 1 aliphatic heterocycles. The summed E-state index contributed by atoms with van der Waals surface area (Å²) < 4.78 is 40.6. The average molecular weight is 400 g/mol. The van der Waals surface area contributed by atoms with Crippen molar-refractivity contribution in [3.05, 3.63) is 77.5 Å². The monoisotopic (exact) mass is 400 g/mol. The fourth-order valence-electron chi connectivity index (χ4n) is 2.69. The van der Waals surface area contributed by atoms with Crippen molar-refractivity contribution in [2.45, 2.75) is 13.5 Å². The summed E-state index contributed by atoms with van der Waals surface area (Å²) in [6, 6.07) is 15.7. The summed E-state index contributed by atoms with van der Waals surface area (Å²) in [4.78, 5) is 12.5. The molecule has 0 amide bonds. The molecule has 0 N–H and O–H groups in total. The van der Waals surface area contributed by atoms with Gasteiger partial charge in [0.15, 0.2) is 0 Å². The van der Waals surface area contributed by atoms with Gasteiger partial charge in [-0.1, -0.05) is 42.5 Å². The molecule has 28 heavy (non-hydrogen) atoms. The third-order valence-corrected chi connectivity index (χ3v) is 5.31. The van der Waals surface area contributed by atoms with Gasteiger partial charge in [0.1, 0.15) is 17.0 Å². The van der Waals surface area contributed by atoms with Gasteiger partial charge in [-0.05, 0) is 24.6 Å². The molecule has 0 atom stereocenters. The van der Waals surface area contributed by atoms with Gasteiger partial charge in [0.2, 0.25) is 0 Å². The Labute approximate surface area is 164 Å². The molecule has 7 nitrogen and oxygen atoms in total. The predicted octanol–water partition coefficient (Wildman–Crippen LogP) is 2.69. The van der Waals surface area contributed by atoms with E-state index in [1.54, 1.807) is 68.6 Å². The van der Waals surface area contributed by atoms with E-state index in [2.05, 4.69) is 4.40 Å². The van der Waals surface area contributed by atoms with Crippen LogP contribution in [0.2, 0.25) is 0 Å². The van der Waals surface area contributed by atoms with Crippen LogP contribution < -0.4 is 4.74 Å². The van der Waals surface area contributed by atoms with Crippen molar-refractivity contribution in [1.82, 2.24) is 4.31 Å². The number of carbonyl (C=O) groups excluding carboxylic acids is 1. The number of methoxy groups -OCH3 is 1. The van der Waals surface area contributed by atoms with E-state index in [0.717, 1.165) is 9.87 Å². The Balaban J connectivity index is 1.99. The molecule has 2 aromatic carbocycles. The minimum absolute atomic E-state index is 0.0286. The molecule has 2 aromatic rings. The SMILES string of the molecule is CCOC(=O)C1=CN(Cc2ccc(OC)cc2)S(=O)(=O)N=C1c1ccccc1. The van der Waals surface area contributed by atoms with Gasteiger partial charge in [-0.3, -0.25) is 4.31 Å². The van der Waals surface area contributed by atoms with Crippen LogP contribution in [-0.4, -0.2) is 38.1 Å². The molecule has 8 heteroatoms. The molecule has 3 rings (SSSR count). The molecular formula is C20H20N2O5S. The van der Waals surface area contributed by atoms with Gasteiger partial charge >= 0.3 is 16.2 Å². The molecule has 0 bridgehead atoms. The van der Waals surface area contributed by atoms with Crippen LogP contribution in [0.25, 0.3) is 0 Å². The number of esters is 1. The number of rotatable bonds is 6. The van der Waals surface area contributed by atoms with Crippen LogP contribution in [0.3, 0.4) is 0 Å². The first-order chi connectivity index (χ1) is 13.4. The first-order valence-corrected chi connectivity index (χ1v) is 10.0. The Kier molecular flexibility index (Phi) is 5.79. The second-order valence-electron chi connectivity index (χ2n) is 5.94. The second kappa shape index (κ2) is 8.26. The highest BCUT2D eigenvalue weighted by atomic mass is 32.2. The van der Waals surface area contributed by atoms with Crippen LogP contribution >= 0.6 is 0 Å². The van der Waals surface area contributed by atoms with Crippen molar-refractivity contribution in [1.29, 1.82) is 0 Å². The van der Waals surface area contributed by atoms with Gasteiger partial charge in [0, 0.05) is 11.8 Å². The van der Waals surface area contributed by atoms with E-state index in [1.807, 2.05) is 0 Å². The Morgan fingerprint density at radius 3 is 2.36 bits per heavy atom. The molecule has 0 fully saturated rings. The van der Waals surface area contributed by atoms with Gasteiger partial charge in [-0.15, -0.1) is 4.40 Å². The summed E-state index contributed by atoms with van der Waals surface area (Å²) >= 11 is 0. The molecule has 0 unspecified atom stereocenters. The molecule has 0 aliphatic carbocycles. The van der Waals surface area contributed by atoms with Gasteiger partial charge in [0.25, 0.3) is 0 Å². The van der Waals surface area contributed by atoms with E-state index in [4.69, 9.17) is 9.47 Å². The first-order valence-electron chi connectivity index (χ1n) is 8.64. The first kappa shape index (κ1) is 19.6. The second-order valence-corrected chi connectivity index (χ2v) is 7.49.